The number of aromatic nitrogens is 1. The third-order valence-electron chi connectivity index (χ3n) is 4.00. The average Bonchev–Trinajstić information content (AvgIpc) is 2.85. The van der Waals surface area contributed by atoms with Gasteiger partial charge in [0.1, 0.15) is 6.04 Å². The number of amides is 2. The number of para-hydroxylation sites is 1. The summed E-state index contributed by atoms with van der Waals surface area (Å²) in [7, 11) is 0. The lowest BCUT2D eigenvalue weighted by atomic mass is 10.1. The van der Waals surface area contributed by atoms with Crippen molar-refractivity contribution in [3.63, 3.8) is 0 Å². The second-order valence-electron chi connectivity index (χ2n) is 5.84. The van der Waals surface area contributed by atoms with Crippen LogP contribution in [0.5, 0.6) is 0 Å². The molecule has 2 aromatic rings. The van der Waals surface area contributed by atoms with Gasteiger partial charge in [-0.15, -0.1) is 11.3 Å². The van der Waals surface area contributed by atoms with Crippen LogP contribution < -0.4 is 10.6 Å². The van der Waals surface area contributed by atoms with Crippen molar-refractivity contribution in [3.8, 4) is 0 Å². The summed E-state index contributed by atoms with van der Waals surface area (Å²) in [6, 6.07) is 7.69. The van der Waals surface area contributed by atoms with Gasteiger partial charge in [0.25, 0.3) is 0 Å². The molecule has 3 rings (SSSR count). The molecule has 1 aliphatic rings. The molecule has 1 fully saturated rings. The summed E-state index contributed by atoms with van der Waals surface area (Å²) < 4.78 is 1.18. The topological polar surface area (TPSA) is 71.1 Å². The highest BCUT2D eigenvalue weighted by atomic mass is 32.1. The Balaban J connectivity index is 1.46. The van der Waals surface area contributed by atoms with Crippen molar-refractivity contribution in [1.29, 1.82) is 0 Å². The Morgan fingerprint density at radius 3 is 3.09 bits per heavy atom. The molecule has 23 heavy (non-hydrogen) atoms. The molecule has 122 valence electrons. The van der Waals surface area contributed by atoms with Crippen LogP contribution >= 0.6 is 11.3 Å². The number of hydrogen-bond donors (Lipinski definition) is 2. The van der Waals surface area contributed by atoms with E-state index in [9.17, 15) is 9.59 Å². The van der Waals surface area contributed by atoms with Crippen molar-refractivity contribution in [2.45, 2.75) is 44.6 Å². The quantitative estimate of drug-likeness (QED) is 0.884. The molecule has 1 atom stereocenters. The highest BCUT2D eigenvalue weighted by Gasteiger charge is 2.21. The van der Waals surface area contributed by atoms with Gasteiger partial charge in [-0.25, -0.2) is 4.98 Å². The number of hydrogen-bond acceptors (Lipinski definition) is 4. The van der Waals surface area contributed by atoms with Gasteiger partial charge in [-0.3, -0.25) is 9.59 Å². The Kier molecular flexibility index (Phi) is 5.23. The average molecular weight is 331 g/mol. The van der Waals surface area contributed by atoms with E-state index in [4.69, 9.17) is 0 Å². The third kappa shape index (κ3) is 4.28. The lowest BCUT2D eigenvalue weighted by molar-refractivity contribution is -0.128. The van der Waals surface area contributed by atoms with Gasteiger partial charge in [-0.05, 0) is 44.2 Å². The smallest absolute Gasteiger partial charge is 0.242 e. The van der Waals surface area contributed by atoms with Crippen LogP contribution in [0.1, 0.15) is 37.1 Å². The second-order valence-corrected chi connectivity index (χ2v) is 6.95. The minimum atomic E-state index is -0.368. The molecule has 0 saturated carbocycles. The van der Waals surface area contributed by atoms with Crippen LogP contribution in [0.3, 0.4) is 0 Å². The number of aryl methyl sites for hydroxylation is 1. The van der Waals surface area contributed by atoms with Crippen molar-refractivity contribution in [2.75, 3.05) is 6.54 Å². The van der Waals surface area contributed by atoms with E-state index in [1.54, 1.807) is 11.3 Å². The summed E-state index contributed by atoms with van der Waals surface area (Å²) in [6.45, 7) is 0.711. The summed E-state index contributed by atoms with van der Waals surface area (Å²) in [6.07, 6.45) is 4.66. The molecule has 2 amide bonds. The molecule has 5 nitrogen and oxygen atoms in total. The van der Waals surface area contributed by atoms with Crippen LogP contribution in [-0.4, -0.2) is 29.4 Å². The number of carbonyl (C=O) groups is 2. The first-order valence-corrected chi connectivity index (χ1v) is 8.95. The molecular weight excluding hydrogens is 310 g/mol. The van der Waals surface area contributed by atoms with Gasteiger partial charge < -0.3 is 10.6 Å². The molecule has 1 aromatic carbocycles. The Bertz CT molecular complexity index is 665. The normalized spacial score (nSPS) is 18.4. The van der Waals surface area contributed by atoms with Crippen molar-refractivity contribution in [2.24, 2.45) is 0 Å². The molecule has 1 saturated heterocycles. The first-order chi connectivity index (χ1) is 11.2. The van der Waals surface area contributed by atoms with E-state index in [0.717, 1.165) is 42.6 Å². The summed E-state index contributed by atoms with van der Waals surface area (Å²) in [5.41, 5.74) is 1.02. The van der Waals surface area contributed by atoms with Crippen molar-refractivity contribution in [1.82, 2.24) is 15.6 Å². The molecule has 0 bridgehead atoms. The molecular formula is C17H21N3O2S. The molecule has 2 heterocycles. The number of rotatable bonds is 5. The number of fused-ring (bicyclic) bond motifs is 1. The fourth-order valence-electron chi connectivity index (χ4n) is 2.77. The van der Waals surface area contributed by atoms with Gasteiger partial charge in [0.15, 0.2) is 0 Å². The van der Waals surface area contributed by atoms with Crippen LogP contribution in [0.2, 0.25) is 0 Å². The number of carbonyl (C=O) groups excluding carboxylic acids is 2. The van der Waals surface area contributed by atoms with E-state index in [-0.39, 0.29) is 17.9 Å². The van der Waals surface area contributed by atoms with E-state index in [1.807, 2.05) is 18.2 Å². The SMILES string of the molecule is O=C(CCCc1nc2ccccc2s1)N[C@@H]1CCCCNC1=O. The number of benzene rings is 1. The lowest BCUT2D eigenvalue weighted by Crippen LogP contribution is -2.45. The fourth-order valence-corrected chi connectivity index (χ4v) is 3.78. The predicted molar refractivity (Wildman–Crippen MR) is 91.3 cm³/mol. The Morgan fingerprint density at radius 1 is 1.35 bits per heavy atom. The van der Waals surface area contributed by atoms with Gasteiger partial charge in [0.2, 0.25) is 11.8 Å². The fraction of sp³-hybridized carbons (Fsp3) is 0.471. The van der Waals surface area contributed by atoms with Gasteiger partial charge in [-0.1, -0.05) is 12.1 Å². The van der Waals surface area contributed by atoms with Gasteiger partial charge >= 0.3 is 0 Å². The molecule has 6 heteroatoms. The molecule has 0 spiro atoms. The summed E-state index contributed by atoms with van der Waals surface area (Å²) in [4.78, 5) is 28.4. The zero-order valence-corrected chi connectivity index (χ0v) is 13.8. The zero-order chi connectivity index (χ0) is 16.1. The highest BCUT2D eigenvalue weighted by molar-refractivity contribution is 7.18. The van der Waals surface area contributed by atoms with Crippen LogP contribution in [0.25, 0.3) is 10.2 Å². The van der Waals surface area contributed by atoms with E-state index in [0.29, 0.717) is 13.0 Å². The molecule has 2 N–H and O–H groups in total. The van der Waals surface area contributed by atoms with E-state index in [1.165, 1.54) is 4.70 Å². The maximum atomic E-state index is 12.0. The molecule has 1 aromatic heterocycles. The summed E-state index contributed by atoms with van der Waals surface area (Å²) >= 11 is 1.68. The lowest BCUT2D eigenvalue weighted by Gasteiger charge is -2.14. The third-order valence-corrected chi connectivity index (χ3v) is 5.10. The monoisotopic (exact) mass is 331 g/mol. The van der Waals surface area contributed by atoms with Crippen molar-refractivity contribution in [3.05, 3.63) is 29.3 Å². The Morgan fingerprint density at radius 2 is 2.22 bits per heavy atom. The minimum Gasteiger partial charge on any atom is -0.354 e. The first-order valence-electron chi connectivity index (χ1n) is 8.14. The zero-order valence-electron chi connectivity index (χ0n) is 13.0. The standard InChI is InChI=1S/C17H21N3O2S/c21-15(19-13-7-3-4-11-18-17(13)22)9-5-10-16-20-12-6-1-2-8-14(12)23-16/h1-2,6,8,13H,3-5,7,9-11H2,(H,18,22)(H,19,21)/t13-/m1/s1. The van der Waals surface area contributed by atoms with Crippen LogP contribution in [0.4, 0.5) is 0 Å². The minimum absolute atomic E-state index is 0.0480. The maximum Gasteiger partial charge on any atom is 0.242 e. The molecule has 0 unspecified atom stereocenters. The number of nitrogens with zero attached hydrogens (tertiary/aromatic N) is 1. The van der Waals surface area contributed by atoms with Gasteiger partial charge in [0.05, 0.1) is 15.2 Å². The van der Waals surface area contributed by atoms with Gasteiger partial charge in [0, 0.05) is 13.0 Å². The Hall–Kier alpha value is -1.95. The first kappa shape index (κ1) is 15.9. The Labute approximate surface area is 139 Å². The van der Waals surface area contributed by atoms with Crippen molar-refractivity contribution < 1.29 is 9.59 Å². The van der Waals surface area contributed by atoms with Crippen LogP contribution in [-0.2, 0) is 16.0 Å². The largest absolute Gasteiger partial charge is 0.354 e. The maximum absolute atomic E-state index is 12.0. The number of thiazole rings is 1. The van der Waals surface area contributed by atoms with E-state index < -0.39 is 0 Å². The van der Waals surface area contributed by atoms with Crippen LogP contribution in [0, 0.1) is 0 Å². The molecule has 0 aliphatic carbocycles. The molecule has 0 radical (unpaired) electrons. The van der Waals surface area contributed by atoms with E-state index in [2.05, 4.69) is 21.7 Å². The molecule has 1 aliphatic heterocycles. The number of nitrogens with one attached hydrogen (secondary N) is 2. The predicted octanol–water partition coefficient (Wildman–Crippen LogP) is 2.40. The second kappa shape index (κ2) is 7.55. The van der Waals surface area contributed by atoms with E-state index >= 15 is 0 Å². The van der Waals surface area contributed by atoms with Crippen LogP contribution in [0.15, 0.2) is 24.3 Å². The van der Waals surface area contributed by atoms with Gasteiger partial charge in [-0.2, -0.15) is 0 Å². The summed E-state index contributed by atoms with van der Waals surface area (Å²) in [5.74, 6) is -0.102. The highest BCUT2D eigenvalue weighted by Crippen LogP contribution is 2.22. The van der Waals surface area contributed by atoms with Crippen molar-refractivity contribution >= 4 is 33.4 Å². The summed E-state index contributed by atoms with van der Waals surface area (Å²) in [5, 5.41) is 6.75.